The second-order valence-corrected chi connectivity index (χ2v) is 6.93. The van der Waals surface area contributed by atoms with Crippen molar-refractivity contribution in [3.63, 3.8) is 0 Å². The first-order valence-corrected chi connectivity index (χ1v) is 9.78. The molecule has 0 bridgehead atoms. The number of rotatable bonds is 6. The molecule has 0 atom stereocenters. The van der Waals surface area contributed by atoms with E-state index in [-0.39, 0.29) is 18.8 Å². The lowest BCUT2D eigenvalue weighted by atomic mass is 10.2. The van der Waals surface area contributed by atoms with Gasteiger partial charge in [-0.15, -0.1) is 0 Å². The molecule has 3 aromatic rings. The van der Waals surface area contributed by atoms with E-state index in [1.165, 1.54) is 18.4 Å². The maximum Gasteiger partial charge on any atom is 0.338 e. The third-order valence-electron chi connectivity index (χ3n) is 4.09. The fourth-order valence-corrected chi connectivity index (χ4v) is 3.71. The van der Waals surface area contributed by atoms with Gasteiger partial charge in [0, 0.05) is 12.7 Å². The second kappa shape index (κ2) is 8.82. The van der Waals surface area contributed by atoms with Crippen LogP contribution < -0.4 is 4.80 Å². The number of aryl methyl sites for hydroxylation is 1. The fourth-order valence-electron chi connectivity index (χ4n) is 2.64. The maximum atomic E-state index is 12.5. The third kappa shape index (κ3) is 4.43. The van der Waals surface area contributed by atoms with Crippen molar-refractivity contribution in [3.05, 3.63) is 46.5 Å². The van der Waals surface area contributed by atoms with Gasteiger partial charge in [0.1, 0.15) is 6.54 Å². The van der Waals surface area contributed by atoms with Crippen molar-refractivity contribution in [2.45, 2.75) is 26.9 Å². The largest absolute Gasteiger partial charge is 0.468 e. The highest BCUT2D eigenvalue weighted by Crippen LogP contribution is 2.20. The van der Waals surface area contributed by atoms with Crippen molar-refractivity contribution in [2.24, 2.45) is 4.99 Å². The summed E-state index contributed by atoms with van der Waals surface area (Å²) in [6.07, 6.45) is 1.70. The quantitative estimate of drug-likeness (QED) is 0.569. The Kier molecular flexibility index (Phi) is 6.23. The SMILES string of the molecule is CCOC(=O)c1ccc2c(c1)sc(=NC(=O)c1ccn(CC)n1)n2CC(=O)OC. The summed E-state index contributed by atoms with van der Waals surface area (Å²) >= 11 is 1.19. The van der Waals surface area contributed by atoms with Gasteiger partial charge in [0.2, 0.25) is 0 Å². The number of methoxy groups -OCH3 is 1. The molecule has 0 unspecified atom stereocenters. The third-order valence-corrected chi connectivity index (χ3v) is 5.13. The van der Waals surface area contributed by atoms with Crippen LogP contribution in [0.5, 0.6) is 0 Å². The summed E-state index contributed by atoms with van der Waals surface area (Å²) in [5.74, 6) is -1.45. The van der Waals surface area contributed by atoms with E-state index in [4.69, 9.17) is 9.47 Å². The van der Waals surface area contributed by atoms with Gasteiger partial charge >= 0.3 is 11.9 Å². The van der Waals surface area contributed by atoms with Crippen LogP contribution in [0, 0.1) is 0 Å². The van der Waals surface area contributed by atoms with Gasteiger partial charge in [-0.25, -0.2) is 4.79 Å². The minimum Gasteiger partial charge on any atom is -0.468 e. The van der Waals surface area contributed by atoms with E-state index in [1.807, 2.05) is 6.92 Å². The number of ether oxygens (including phenoxy) is 2. The molecule has 0 aliphatic carbocycles. The number of hydrogen-bond donors (Lipinski definition) is 0. The van der Waals surface area contributed by atoms with Gasteiger partial charge < -0.3 is 14.0 Å². The Hall–Kier alpha value is -3.27. The van der Waals surface area contributed by atoms with Crippen LogP contribution in [0.25, 0.3) is 10.2 Å². The molecular formula is C19H20N4O5S. The molecule has 1 aromatic carbocycles. The molecule has 0 N–H and O–H groups in total. The van der Waals surface area contributed by atoms with E-state index in [0.29, 0.717) is 27.1 Å². The second-order valence-electron chi connectivity index (χ2n) is 5.92. The van der Waals surface area contributed by atoms with Crippen LogP contribution in [-0.2, 0) is 27.4 Å². The van der Waals surface area contributed by atoms with Crippen molar-refractivity contribution in [3.8, 4) is 0 Å². The monoisotopic (exact) mass is 416 g/mol. The van der Waals surface area contributed by atoms with Crippen molar-refractivity contribution < 1.29 is 23.9 Å². The van der Waals surface area contributed by atoms with Crippen LogP contribution in [-0.4, -0.2) is 45.9 Å². The van der Waals surface area contributed by atoms with Crippen LogP contribution in [0.4, 0.5) is 0 Å². The predicted octanol–water partition coefficient (Wildman–Crippen LogP) is 2.01. The van der Waals surface area contributed by atoms with Crippen molar-refractivity contribution in [1.82, 2.24) is 14.3 Å². The van der Waals surface area contributed by atoms with Gasteiger partial charge in [0.05, 0.1) is 29.5 Å². The van der Waals surface area contributed by atoms with E-state index < -0.39 is 17.8 Å². The molecule has 9 nitrogen and oxygen atoms in total. The molecular weight excluding hydrogens is 396 g/mol. The Morgan fingerprint density at radius 1 is 1.21 bits per heavy atom. The minimum absolute atomic E-state index is 0.120. The summed E-state index contributed by atoms with van der Waals surface area (Å²) < 4.78 is 13.7. The molecule has 10 heteroatoms. The first-order valence-electron chi connectivity index (χ1n) is 8.96. The summed E-state index contributed by atoms with van der Waals surface area (Å²) in [5.41, 5.74) is 1.24. The van der Waals surface area contributed by atoms with Crippen LogP contribution in [0.3, 0.4) is 0 Å². The van der Waals surface area contributed by atoms with Gasteiger partial charge in [-0.05, 0) is 38.1 Å². The molecule has 29 heavy (non-hydrogen) atoms. The number of fused-ring (bicyclic) bond motifs is 1. The van der Waals surface area contributed by atoms with Crippen LogP contribution >= 0.6 is 11.3 Å². The van der Waals surface area contributed by atoms with Gasteiger partial charge in [0.25, 0.3) is 5.91 Å². The Morgan fingerprint density at radius 2 is 2.00 bits per heavy atom. The number of aromatic nitrogens is 3. The number of thiazole rings is 1. The summed E-state index contributed by atoms with van der Waals surface area (Å²) in [6, 6.07) is 6.54. The summed E-state index contributed by atoms with van der Waals surface area (Å²) in [5, 5.41) is 4.16. The normalized spacial score (nSPS) is 11.6. The fraction of sp³-hybridized carbons (Fsp3) is 0.316. The molecule has 0 radical (unpaired) electrons. The first-order chi connectivity index (χ1) is 14.0. The Morgan fingerprint density at radius 3 is 2.66 bits per heavy atom. The lowest BCUT2D eigenvalue weighted by molar-refractivity contribution is -0.141. The summed E-state index contributed by atoms with van der Waals surface area (Å²) in [7, 11) is 1.29. The van der Waals surface area contributed by atoms with Gasteiger partial charge in [0.15, 0.2) is 10.5 Å². The molecule has 0 saturated heterocycles. The molecule has 3 rings (SSSR count). The van der Waals surface area contributed by atoms with E-state index in [9.17, 15) is 14.4 Å². The zero-order valence-electron chi connectivity index (χ0n) is 16.2. The number of carbonyl (C=O) groups is 3. The zero-order valence-corrected chi connectivity index (χ0v) is 17.1. The number of nitrogens with zero attached hydrogens (tertiary/aromatic N) is 4. The van der Waals surface area contributed by atoms with E-state index in [0.717, 1.165) is 0 Å². The standard InChI is InChI=1S/C19H20N4O5S/c1-4-22-9-8-13(21-22)17(25)20-19-23(11-16(24)27-3)14-7-6-12(10-15(14)29-19)18(26)28-5-2/h6-10H,4-5,11H2,1-3H3. The van der Waals surface area contributed by atoms with Crippen LogP contribution in [0.1, 0.15) is 34.7 Å². The predicted molar refractivity (Wildman–Crippen MR) is 106 cm³/mol. The molecule has 0 spiro atoms. The topological polar surface area (TPSA) is 105 Å². The van der Waals surface area contributed by atoms with Crippen LogP contribution in [0.2, 0.25) is 0 Å². The van der Waals surface area contributed by atoms with Crippen molar-refractivity contribution in [2.75, 3.05) is 13.7 Å². The van der Waals surface area contributed by atoms with E-state index in [1.54, 1.807) is 46.6 Å². The average molecular weight is 416 g/mol. The first kappa shape index (κ1) is 20.5. The lowest BCUT2D eigenvalue weighted by Crippen LogP contribution is -2.22. The number of benzene rings is 1. The van der Waals surface area contributed by atoms with Crippen LogP contribution in [0.15, 0.2) is 35.5 Å². The molecule has 0 saturated carbocycles. The number of hydrogen-bond acceptors (Lipinski definition) is 7. The van der Waals surface area contributed by atoms with E-state index in [2.05, 4.69) is 10.1 Å². The Balaban J connectivity index is 2.10. The van der Waals surface area contributed by atoms with E-state index >= 15 is 0 Å². The van der Waals surface area contributed by atoms with Crippen molar-refractivity contribution >= 4 is 39.4 Å². The average Bonchev–Trinajstić information content (AvgIpc) is 3.33. The van der Waals surface area contributed by atoms with Crippen molar-refractivity contribution in [1.29, 1.82) is 0 Å². The molecule has 0 fully saturated rings. The zero-order chi connectivity index (χ0) is 21.0. The number of carbonyl (C=O) groups excluding carboxylic acids is 3. The number of esters is 2. The van der Waals surface area contributed by atoms with Gasteiger partial charge in [-0.1, -0.05) is 11.3 Å². The molecule has 2 heterocycles. The highest BCUT2D eigenvalue weighted by molar-refractivity contribution is 7.16. The Labute approximate surface area is 170 Å². The van der Waals surface area contributed by atoms with Gasteiger partial charge in [-0.2, -0.15) is 10.1 Å². The number of amides is 1. The molecule has 0 aliphatic heterocycles. The summed E-state index contributed by atoms with van der Waals surface area (Å²) in [4.78, 5) is 40.9. The highest BCUT2D eigenvalue weighted by atomic mass is 32.1. The Bertz CT molecular complexity index is 1140. The summed E-state index contributed by atoms with van der Waals surface area (Å²) in [6.45, 7) is 4.42. The minimum atomic E-state index is -0.520. The molecule has 2 aromatic heterocycles. The van der Waals surface area contributed by atoms with Gasteiger partial charge in [-0.3, -0.25) is 14.3 Å². The lowest BCUT2D eigenvalue weighted by Gasteiger charge is -2.05. The molecule has 152 valence electrons. The smallest absolute Gasteiger partial charge is 0.338 e. The molecule has 1 amide bonds. The molecule has 0 aliphatic rings. The maximum absolute atomic E-state index is 12.5. The highest BCUT2D eigenvalue weighted by Gasteiger charge is 2.16.